The second-order valence-electron chi connectivity index (χ2n) is 9.44. The van der Waals surface area contributed by atoms with Crippen LogP contribution >= 0.6 is 0 Å². The molecule has 0 radical (unpaired) electrons. The number of imidazole rings is 1. The predicted molar refractivity (Wildman–Crippen MR) is 111 cm³/mol. The monoisotopic (exact) mass is 408 g/mol. The number of nitrogens with zero attached hydrogens (tertiary/aromatic N) is 4. The Kier molecular flexibility index (Phi) is 6.14. The van der Waals surface area contributed by atoms with Crippen LogP contribution in [0, 0.1) is 11.8 Å². The van der Waals surface area contributed by atoms with Gasteiger partial charge in [0.2, 0.25) is 15.0 Å². The second-order valence-corrected chi connectivity index (χ2v) is 11.4. The highest BCUT2D eigenvalue weighted by Crippen LogP contribution is 2.33. The molecule has 1 aromatic heterocycles. The van der Waals surface area contributed by atoms with Crippen LogP contribution in [0.2, 0.25) is 0 Å². The molecule has 1 aromatic rings. The fourth-order valence-electron chi connectivity index (χ4n) is 4.76. The Labute approximate surface area is 170 Å². The molecule has 0 N–H and O–H groups in total. The highest BCUT2D eigenvalue weighted by atomic mass is 32.2. The van der Waals surface area contributed by atoms with Gasteiger partial charge in [-0.1, -0.05) is 19.3 Å². The molecule has 0 amide bonds. The lowest BCUT2D eigenvalue weighted by Crippen LogP contribution is -2.49. The first-order valence-corrected chi connectivity index (χ1v) is 12.8. The average Bonchev–Trinajstić information content (AvgIpc) is 3.38. The maximum absolute atomic E-state index is 13.0. The molecule has 28 heavy (non-hydrogen) atoms. The Morgan fingerprint density at radius 1 is 1.07 bits per heavy atom. The number of rotatable bonds is 7. The summed E-state index contributed by atoms with van der Waals surface area (Å²) in [5.74, 6) is 1.22. The first-order valence-electron chi connectivity index (χ1n) is 11.1. The zero-order valence-corrected chi connectivity index (χ0v) is 18.3. The summed E-state index contributed by atoms with van der Waals surface area (Å²) in [6, 6.07) is 0.529. The molecule has 7 heteroatoms. The highest BCUT2D eigenvalue weighted by Gasteiger charge is 2.33. The average molecular weight is 409 g/mol. The van der Waals surface area contributed by atoms with Crippen molar-refractivity contribution in [1.29, 1.82) is 0 Å². The van der Waals surface area contributed by atoms with Crippen molar-refractivity contribution in [3.63, 3.8) is 0 Å². The van der Waals surface area contributed by atoms with Gasteiger partial charge in [0.05, 0.1) is 17.6 Å². The Morgan fingerprint density at radius 3 is 2.50 bits per heavy atom. The van der Waals surface area contributed by atoms with E-state index in [2.05, 4.69) is 33.3 Å². The van der Waals surface area contributed by atoms with Crippen molar-refractivity contribution in [3.05, 3.63) is 11.9 Å². The van der Waals surface area contributed by atoms with Gasteiger partial charge in [-0.2, -0.15) is 0 Å². The maximum Gasteiger partial charge on any atom is 0.227 e. The Hall–Kier alpha value is -0.920. The molecule has 1 saturated heterocycles. The Balaban J connectivity index is 1.56. The summed E-state index contributed by atoms with van der Waals surface area (Å²) in [4.78, 5) is 9.32. The van der Waals surface area contributed by atoms with Crippen molar-refractivity contribution >= 4 is 9.84 Å². The minimum absolute atomic E-state index is 0.277. The quantitative estimate of drug-likeness (QED) is 0.694. The third kappa shape index (κ3) is 4.79. The van der Waals surface area contributed by atoms with Crippen molar-refractivity contribution in [3.8, 4) is 0 Å². The molecular weight excluding hydrogens is 372 g/mol. The van der Waals surface area contributed by atoms with Gasteiger partial charge < -0.3 is 9.47 Å². The van der Waals surface area contributed by atoms with Gasteiger partial charge in [-0.3, -0.25) is 4.90 Å². The zero-order chi connectivity index (χ0) is 19.7. The largest absolute Gasteiger partial charge is 0.317 e. The van der Waals surface area contributed by atoms with E-state index in [1.165, 1.54) is 32.1 Å². The highest BCUT2D eigenvalue weighted by molar-refractivity contribution is 7.91. The number of hydrogen-bond acceptors (Lipinski definition) is 5. The number of sulfone groups is 1. The van der Waals surface area contributed by atoms with Crippen LogP contribution in [0.25, 0.3) is 0 Å². The van der Waals surface area contributed by atoms with Crippen LogP contribution < -0.4 is 0 Å². The fraction of sp³-hybridized carbons (Fsp3) is 0.857. The lowest BCUT2D eigenvalue weighted by Gasteiger charge is -2.37. The minimum atomic E-state index is -3.29. The van der Waals surface area contributed by atoms with E-state index in [1.807, 2.05) is 6.20 Å². The first-order chi connectivity index (χ1) is 13.4. The summed E-state index contributed by atoms with van der Waals surface area (Å²) in [6.45, 7) is 6.99. The zero-order valence-electron chi connectivity index (χ0n) is 17.5. The van der Waals surface area contributed by atoms with E-state index in [4.69, 9.17) is 0 Å². The van der Waals surface area contributed by atoms with Gasteiger partial charge in [0, 0.05) is 38.8 Å². The molecule has 2 aliphatic carbocycles. The van der Waals surface area contributed by atoms with Crippen molar-refractivity contribution in [2.24, 2.45) is 11.8 Å². The standard InChI is InChI=1S/C21H36N4O2S/c1-17-13-24(11-10-23(17)2)15-20-12-22-21(28(26,27)16-19-8-9-19)25(20)14-18-6-4-3-5-7-18/h12,17-19H,3-11,13-16H2,1-2H3. The summed E-state index contributed by atoms with van der Waals surface area (Å²) >= 11 is 0. The van der Waals surface area contributed by atoms with Crippen molar-refractivity contribution in [2.75, 3.05) is 32.4 Å². The summed E-state index contributed by atoms with van der Waals surface area (Å²) < 4.78 is 28.2. The summed E-state index contributed by atoms with van der Waals surface area (Å²) in [5.41, 5.74) is 1.08. The van der Waals surface area contributed by atoms with Gasteiger partial charge in [0.15, 0.2) is 0 Å². The number of hydrogen-bond donors (Lipinski definition) is 0. The van der Waals surface area contributed by atoms with E-state index in [1.54, 1.807) is 0 Å². The minimum Gasteiger partial charge on any atom is -0.317 e. The molecule has 2 heterocycles. The van der Waals surface area contributed by atoms with E-state index in [0.717, 1.165) is 51.3 Å². The third-order valence-electron chi connectivity index (χ3n) is 6.93. The molecule has 3 fully saturated rings. The normalized spacial score (nSPS) is 26.0. The summed E-state index contributed by atoms with van der Waals surface area (Å²) in [5, 5.41) is 0.335. The van der Waals surface area contributed by atoms with Gasteiger partial charge >= 0.3 is 0 Å². The smallest absolute Gasteiger partial charge is 0.227 e. The maximum atomic E-state index is 13.0. The summed E-state index contributed by atoms with van der Waals surface area (Å²) in [7, 11) is -1.11. The van der Waals surface area contributed by atoms with E-state index < -0.39 is 9.84 Å². The number of piperazine rings is 1. The second kappa shape index (κ2) is 8.44. The molecule has 158 valence electrons. The van der Waals surface area contributed by atoms with Gasteiger partial charge in [-0.25, -0.2) is 13.4 Å². The van der Waals surface area contributed by atoms with Crippen LogP contribution in [-0.4, -0.2) is 66.2 Å². The van der Waals surface area contributed by atoms with Crippen LogP contribution in [0.1, 0.15) is 57.6 Å². The van der Waals surface area contributed by atoms with E-state index >= 15 is 0 Å². The molecule has 6 nitrogen and oxygen atoms in total. The van der Waals surface area contributed by atoms with Crippen LogP contribution in [-0.2, 0) is 22.9 Å². The van der Waals surface area contributed by atoms with Gasteiger partial charge in [-0.05, 0) is 51.5 Å². The molecule has 4 rings (SSSR count). The molecule has 1 aliphatic heterocycles. The topological polar surface area (TPSA) is 58.4 Å². The predicted octanol–water partition coefficient (Wildman–Crippen LogP) is 2.78. The van der Waals surface area contributed by atoms with Gasteiger partial charge in [0.1, 0.15) is 0 Å². The van der Waals surface area contributed by atoms with Crippen LogP contribution in [0.4, 0.5) is 0 Å². The molecule has 1 unspecified atom stereocenters. The fourth-order valence-corrected chi connectivity index (χ4v) is 6.60. The Bertz CT molecular complexity index is 765. The van der Waals surface area contributed by atoms with E-state index in [9.17, 15) is 8.42 Å². The lowest BCUT2D eigenvalue weighted by molar-refractivity contribution is 0.0975. The number of likely N-dealkylation sites (N-methyl/N-ethyl adjacent to an activating group) is 1. The SMILES string of the molecule is CC1CN(Cc2cnc(S(=O)(=O)CC3CC3)n2CC2CCCCC2)CCN1C. The molecular formula is C21H36N4O2S. The van der Waals surface area contributed by atoms with E-state index in [-0.39, 0.29) is 5.75 Å². The number of aromatic nitrogens is 2. The summed E-state index contributed by atoms with van der Waals surface area (Å²) in [6.07, 6.45) is 10.2. The molecule has 1 atom stereocenters. The van der Waals surface area contributed by atoms with Crippen molar-refractivity contribution in [1.82, 2.24) is 19.4 Å². The molecule has 0 bridgehead atoms. The van der Waals surface area contributed by atoms with Crippen LogP contribution in [0.15, 0.2) is 11.4 Å². The van der Waals surface area contributed by atoms with Gasteiger partial charge in [-0.15, -0.1) is 0 Å². The van der Waals surface area contributed by atoms with Crippen LogP contribution in [0.5, 0.6) is 0 Å². The molecule has 2 saturated carbocycles. The van der Waals surface area contributed by atoms with Crippen LogP contribution in [0.3, 0.4) is 0 Å². The third-order valence-corrected chi connectivity index (χ3v) is 8.72. The van der Waals surface area contributed by atoms with Gasteiger partial charge in [0.25, 0.3) is 0 Å². The van der Waals surface area contributed by atoms with Crippen molar-refractivity contribution in [2.45, 2.75) is 76.2 Å². The lowest BCUT2D eigenvalue weighted by atomic mass is 9.89. The first kappa shape index (κ1) is 20.4. The molecule has 0 aromatic carbocycles. The Morgan fingerprint density at radius 2 is 1.82 bits per heavy atom. The molecule has 0 spiro atoms. The van der Waals surface area contributed by atoms with E-state index in [0.29, 0.717) is 23.0 Å². The van der Waals surface area contributed by atoms with Crippen molar-refractivity contribution < 1.29 is 8.42 Å². The molecule has 3 aliphatic rings.